The second kappa shape index (κ2) is 2.72. The van der Waals surface area contributed by atoms with Gasteiger partial charge in [-0.3, -0.25) is 0 Å². The molecule has 1 heterocycles. The van der Waals surface area contributed by atoms with Crippen LogP contribution < -0.4 is 11.1 Å². The van der Waals surface area contributed by atoms with Crippen molar-refractivity contribution in [3.8, 4) is 6.07 Å². The van der Waals surface area contributed by atoms with Gasteiger partial charge in [-0.25, -0.2) is 0 Å². The molecule has 3 nitrogen and oxygen atoms in total. The topological polar surface area (TPSA) is 61.8 Å². The minimum atomic E-state index is -0.521. The average molecular weight is 165 g/mol. The van der Waals surface area contributed by atoms with Crippen molar-refractivity contribution < 1.29 is 0 Å². The maximum absolute atomic E-state index is 8.87. The lowest BCUT2D eigenvalue weighted by atomic mass is 9.72. The molecule has 66 valence electrons. The normalized spacial score (nSPS) is 46.7. The molecule has 0 radical (unpaired) electrons. The van der Waals surface area contributed by atoms with E-state index in [1.54, 1.807) is 0 Å². The summed E-state index contributed by atoms with van der Waals surface area (Å²) in [7, 11) is 0. The van der Waals surface area contributed by atoms with E-state index < -0.39 is 5.54 Å². The number of nitriles is 1. The molecule has 0 amide bonds. The third kappa shape index (κ3) is 1.21. The van der Waals surface area contributed by atoms with E-state index in [-0.39, 0.29) is 0 Å². The smallest absolute Gasteiger partial charge is 0.104 e. The lowest BCUT2D eigenvalue weighted by Crippen LogP contribution is -2.45. The Bertz CT molecular complexity index is 220. The molecule has 2 aliphatic rings. The van der Waals surface area contributed by atoms with Gasteiger partial charge in [-0.1, -0.05) is 0 Å². The summed E-state index contributed by atoms with van der Waals surface area (Å²) in [4.78, 5) is 0. The van der Waals surface area contributed by atoms with Gasteiger partial charge in [0.05, 0.1) is 6.07 Å². The highest BCUT2D eigenvalue weighted by Gasteiger charge is 2.40. The van der Waals surface area contributed by atoms with Crippen molar-refractivity contribution in [2.45, 2.75) is 24.8 Å². The maximum Gasteiger partial charge on any atom is 0.104 e. The van der Waals surface area contributed by atoms with Crippen LogP contribution in [0.2, 0.25) is 0 Å². The molecule has 0 aromatic carbocycles. The van der Waals surface area contributed by atoms with Gasteiger partial charge < -0.3 is 11.1 Å². The summed E-state index contributed by atoms with van der Waals surface area (Å²) >= 11 is 0. The number of fused-ring (bicyclic) bond motifs is 1. The highest BCUT2D eigenvalue weighted by molar-refractivity contribution is 5.10. The van der Waals surface area contributed by atoms with Crippen molar-refractivity contribution in [1.82, 2.24) is 5.32 Å². The van der Waals surface area contributed by atoms with E-state index in [1.807, 2.05) is 0 Å². The summed E-state index contributed by atoms with van der Waals surface area (Å²) < 4.78 is 0. The van der Waals surface area contributed by atoms with Gasteiger partial charge in [-0.2, -0.15) is 5.26 Å². The Hall–Kier alpha value is -0.590. The number of hydrogen-bond donors (Lipinski definition) is 2. The number of nitrogens with zero attached hydrogens (tertiary/aromatic N) is 1. The van der Waals surface area contributed by atoms with Crippen LogP contribution in [0.4, 0.5) is 0 Å². The van der Waals surface area contributed by atoms with Crippen LogP contribution in [0, 0.1) is 23.2 Å². The minimum absolute atomic E-state index is 0.521. The molecule has 0 bridgehead atoms. The summed E-state index contributed by atoms with van der Waals surface area (Å²) in [6, 6.07) is 2.24. The highest BCUT2D eigenvalue weighted by Crippen LogP contribution is 2.36. The zero-order chi connectivity index (χ0) is 8.60. The summed E-state index contributed by atoms with van der Waals surface area (Å²) in [6.45, 7) is 2.19. The number of nitrogens with two attached hydrogens (primary N) is 1. The second-order valence-corrected chi connectivity index (χ2v) is 4.19. The number of rotatable bonds is 0. The summed E-state index contributed by atoms with van der Waals surface area (Å²) in [5.74, 6) is 1.44. The first kappa shape index (κ1) is 8.03. The van der Waals surface area contributed by atoms with Crippen molar-refractivity contribution in [2.75, 3.05) is 13.1 Å². The molecule has 0 aromatic rings. The lowest BCUT2D eigenvalue weighted by Gasteiger charge is -2.34. The third-order valence-electron chi connectivity index (χ3n) is 3.29. The molecule has 1 saturated carbocycles. The van der Waals surface area contributed by atoms with Gasteiger partial charge in [0.2, 0.25) is 0 Å². The molecule has 3 N–H and O–H groups in total. The molecule has 0 aromatic heterocycles. The van der Waals surface area contributed by atoms with Gasteiger partial charge in [0.25, 0.3) is 0 Å². The van der Waals surface area contributed by atoms with E-state index in [0.717, 1.165) is 38.3 Å². The first-order valence-corrected chi connectivity index (χ1v) is 4.64. The van der Waals surface area contributed by atoms with Crippen LogP contribution >= 0.6 is 0 Å². The Morgan fingerprint density at radius 2 is 2.17 bits per heavy atom. The van der Waals surface area contributed by atoms with Crippen molar-refractivity contribution in [1.29, 1.82) is 5.26 Å². The van der Waals surface area contributed by atoms with Crippen LogP contribution in [-0.2, 0) is 0 Å². The first-order valence-electron chi connectivity index (χ1n) is 4.64. The van der Waals surface area contributed by atoms with Gasteiger partial charge in [0, 0.05) is 0 Å². The van der Waals surface area contributed by atoms with E-state index in [9.17, 15) is 0 Å². The van der Waals surface area contributed by atoms with Gasteiger partial charge in [-0.05, 0) is 44.2 Å². The molecule has 1 aliphatic carbocycles. The number of hydrogen-bond acceptors (Lipinski definition) is 3. The van der Waals surface area contributed by atoms with Crippen molar-refractivity contribution >= 4 is 0 Å². The molecule has 3 atom stereocenters. The molecule has 3 unspecified atom stereocenters. The van der Waals surface area contributed by atoms with Crippen LogP contribution in [0.25, 0.3) is 0 Å². The van der Waals surface area contributed by atoms with E-state index in [4.69, 9.17) is 11.0 Å². The Morgan fingerprint density at radius 1 is 1.42 bits per heavy atom. The lowest BCUT2D eigenvalue weighted by molar-refractivity contribution is 0.230. The van der Waals surface area contributed by atoms with Crippen LogP contribution in [0.1, 0.15) is 19.3 Å². The van der Waals surface area contributed by atoms with Crippen molar-refractivity contribution in [3.63, 3.8) is 0 Å². The molecule has 2 fully saturated rings. The Kier molecular flexibility index (Phi) is 1.82. The maximum atomic E-state index is 8.87. The Morgan fingerprint density at radius 3 is 2.92 bits per heavy atom. The van der Waals surface area contributed by atoms with Gasteiger partial charge >= 0.3 is 0 Å². The van der Waals surface area contributed by atoms with Crippen molar-refractivity contribution in [2.24, 2.45) is 17.6 Å². The van der Waals surface area contributed by atoms with Gasteiger partial charge in [0.1, 0.15) is 5.54 Å². The standard InChI is InChI=1S/C9H15N3/c10-6-9(11)2-1-7-4-12-5-8(7)3-9/h7-8,12H,1-5,11H2. The van der Waals surface area contributed by atoms with Crippen molar-refractivity contribution in [3.05, 3.63) is 0 Å². The minimum Gasteiger partial charge on any atom is -0.316 e. The summed E-state index contributed by atoms with van der Waals surface area (Å²) in [6.07, 6.45) is 2.90. The third-order valence-corrected chi connectivity index (χ3v) is 3.29. The highest BCUT2D eigenvalue weighted by atomic mass is 14.9. The Labute approximate surface area is 72.9 Å². The van der Waals surface area contributed by atoms with Crippen LogP contribution in [0.3, 0.4) is 0 Å². The molecular formula is C9H15N3. The predicted octanol–water partition coefficient (Wildman–Crippen LogP) is 0.227. The van der Waals surface area contributed by atoms with E-state index in [0.29, 0.717) is 5.92 Å². The second-order valence-electron chi connectivity index (χ2n) is 4.19. The SMILES string of the molecule is N#CC1(N)CCC2CNCC2C1. The van der Waals surface area contributed by atoms with E-state index in [1.165, 1.54) is 0 Å². The first-order chi connectivity index (χ1) is 5.73. The molecular weight excluding hydrogens is 150 g/mol. The van der Waals surface area contributed by atoms with Gasteiger partial charge in [0.15, 0.2) is 0 Å². The zero-order valence-electron chi connectivity index (χ0n) is 7.21. The Balaban J connectivity index is 2.07. The fourth-order valence-electron chi connectivity index (χ4n) is 2.48. The fraction of sp³-hybridized carbons (Fsp3) is 0.889. The molecule has 0 spiro atoms. The average Bonchev–Trinajstić information content (AvgIpc) is 2.51. The van der Waals surface area contributed by atoms with Crippen LogP contribution in [-0.4, -0.2) is 18.6 Å². The molecule has 2 rings (SSSR count). The quantitative estimate of drug-likeness (QED) is 0.540. The molecule has 3 heteroatoms. The summed E-state index contributed by atoms with van der Waals surface area (Å²) in [5, 5.41) is 12.2. The molecule has 1 aliphatic heterocycles. The summed E-state index contributed by atoms with van der Waals surface area (Å²) in [5.41, 5.74) is 5.40. The van der Waals surface area contributed by atoms with E-state index >= 15 is 0 Å². The largest absolute Gasteiger partial charge is 0.316 e. The molecule has 1 saturated heterocycles. The van der Waals surface area contributed by atoms with E-state index in [2.05, 4.69) is 11.4 Å². The zero-order valence-corrected chi connectivity index (χ0v) is 7.21. The predicted molar refractivity (Wildman–Crippen MR) is 46.2 cm³/mol. The van der Waals surface area contributed by atoms with Crippen LogP contribution in [0.15, 0.2) is 0 Å². The monoisotopic (exact) mass is 165 g/mol. The van der Waals surface area contributed by atoms with Gasteiger partial charge in [-0.15, -0.1) is 0 Å². The van der Waals surface area contributed by atoms with Crippen LogP contribution in [0.5, 0.6) is 0 Å². The molecule has 12 heavy (non-hydrogen) atoms. The fourth-order valence-corrected chi connectivity index (χ4v) is 2.48. The number of nitrogens with one attached hydrogen (secondary N) is 1.